The zero-order chi connectivity index (χ0) is 16.2. The monoisotopic (exact) mass is 332 g/mol. The highest BCUT2D eigenvalue weighted by atomic mass is 32.1. The molecule has 1 aliphatic carbocycles. The van der Waals surface area contributed by atoms with Gasteiger partial charge in [-0.15, -0.1) is 0 Å². The molecule has 3 rings (SSSR count). The molecule has 1 aromatic carbocycles. The van der Waals surface area contributed by atoms with E-state index in [9.17, 15) is 14.0 Å². The first-order valence-corrected chi connectivity index (χ1v) is 8.42. The number of carbonyl (C=O) groups excluding carboxylic acids is 2. The van der Waals surface area contributed by atoms with E-state index >= 15 is 0 Å². The highest BCUT2D eigenvalue weighted by molar-refractivity contribution is 7.08. The number of amides is 2. The molecule has 1 fully saturated rings. The molecule has 0 unspecified atom stereocenters. The molecular weight excluding hydrogens is 315 g/mol. The van der Waals surface area contributed by atoms with Crippen molar-refractivity contribution in [1.29, 1.82) is 0 Å². The van der Waals surface area contributed by atoms with Crippen LogP contribution in [0.4, 0.5) is 4.39 Å². The molecule has 0 atom stereocenters. The first-order chi connectivity index (χ1) is 11.1. The van der Waals surface area contributed by atoms with Crippen LogP contribution in [0.1, 0.15) is 28.8 Å². The van der Waals surface area contributed by atoms with Gasteiger partial charge in [0.1, 0.15) is 5.82 Å². The van der Waals surface area contributed by atoms with E-state index in [2.05, 4.69) is 5.32 Å². The topological polar surface area (TPSA) is 49.4 Å². The van der Waals surface area contributed by atoms with E-state index in [1.807, 2.05) is 5.38 Å². The molecule has 0 spiro atoms. The molecule has 120 valence electrons. The lowest BCUT2D eigenvalue weighted by Gasteiger charge is -2.23. The minimum absolute atomic E-state index is 0.0698. The van der Waals surface area contributed by atoms with Gasteiger partial charge in [-0.2, -0.15) is 11.3 Å². The molecule has 4 nitrogen and oxygen atoms in total. The van der Waals surface area contributed by atoms with E-state index in [4.69, 9.17) is 0 Å². The van der Waals surface area contributed by atoms with Gasteiger partial charge in [0.25, 0.3) is 5.91 Å². The summed E-state index contributed by atoms with van der Waals surface area (Å²) in [4.78, 5) is 26.0. The molecule has 23 heavy (non-hydrogen) atoms. The van der Waals surface area contributed by atoms with Crippen molar-refractivity contribution in [2.75, 3.05) is 6.54 Å². The average Bonchev–Trinajstić information content (AvgIpc) is 3.24. The van der Waals surface area contributed by atoms with Gasteiger partial charge < -0.3 is 10.2 Å². The molecule has 1 aliphatic rings. The molecule has 0 saturated heterocycles. The summed E-state index contributed by atoms with van der Waals surface area (Å²) in [6.07, 6.45) is 1.86. The third-order valence-corrected chi connectivity index (χ3v) is 4.47. The maximum absolute atomic E-state index is 13.8. The number of hydrogen-bond acceptors (Lipinski definition) is 3. The normalized spacial score (nSPS) is 13.6. The van der Waals surface area contributed by atoms with Crippen molar-refractivity contribution in [3.63, 3.8) is 0 Å². The predicted octanol–water partition coefficient (Wildman–Crippen LogP) is 2.81. The van der Waals surface area contributed by atoms with Crippen LogP contribution in [-0.4, -0.2) is 29.3 Å². The highest BCUT2D eigenvalue weighted by Crippen LogP contribution is 2.28. The molecule has 0 bridgehead atoms. The van der Waals surface area contributed by atoms with E-state index in [0.29, 0.717) is 11.1 Å². The Bertz CT molecular complexity index is 698. The molecule has 1 N–H and O–H groups in total. The molecular formula is C17H17FN2O2S. The van der Waals surface area contributed by atoms with Crippen molar-refractivity contribution in [2.45, 2.75) is 25.4 Å². The second kappa shape index (κ2) is 6.91. The van der Waals surface area contributed by atoms with E-state index in [1.54, 1.807) is 34.5 Å². The van der Waals surface area contributed by atoms with Crippen molar-refractivity contribution in [1.82, 2.24) is 10.2 Å². The first kappa shape index (κ1) is 15.7. The highest BCUT2D eigenvalue weighted by Gasteiger charge is 2.32. The summed E-state index contributed by atoms with van der Waals surface area (Å²) in [7, 11) is 0. The van der Waals surface area contributed by atoms with E-state index < -0.39 is 0 Å². The Hall–Kier alpha value is -2.21. The van der Waals surface area contributed by atoms with Gasteiger partial charge in [-0.1, -0.05) is 18.2 Å². The molecule has 2 aromatic rings. The van der Waals surface area contributed by atoms with Gasteiger partial charge in [-0.25, -0.2) is 4.39 Å². The fourth-order valence-electron chi connectivity index (χ4n) is 2.37. The molecule has 1 heterocycles. The smallest absolute Gasteiger partial charge is 0.252 e. The second-order valence-electron chi connectivity index (χ2n) is 5.54. The van der Waals surface area contributed by atoms with Crippen molar-refractivity contribution < 1.29 is 14.0 Å². The SMILES string of the molecule is O=C(NCC(=O)N(Cc1ccccc1F)C1CC1)c1ccsc1. The molecule has 2 amide bonds. The summed E-state index contributed by atoms with van der Waals surface area (Å²) in [6, 6.07) is 8.32. The van der Waals surface area contributed by atoms with Gasteiger partial charge in [0.05, 0.1) is 6.54 Å². The Kier molecular flexibility index (Phi) is 4.71. The third kappa shape index (κ3) is 3.96. The van der Waals surface area contributed by atoms with Crippen LogP contribution in [0, 0.1) is 5.82 Å². The van der Waals surface area contributed by atoms with Crippen molar-refractivity contribution in [3.8, 4) is 0 Å². The summed E-state index contributed by atoms with van der Waals surface area (Å²) in [5, 5.41) is 6.18. The fourth-order valence-corrected chi connectivity index (χ4v) is 3.01. The van der Waals surface area contributed by atoms with Crippen LogP contribution in [0.25, 0.3) is 0 Å². The third-order valence-electron chi connectivity index (χ3n) is 3.79. The number of halogens is 1. The van der Waals surface area contributed by atoms with Crippen LogP contribution >= 0.6 is 11.3 Å². The molecule has 1 aromatic heterocycles. The Morgan fingerprint density at radius 2 is 2.04 bits per heavy atom. The lowest BCUT2D eigenvalue weighted by Crippen LogP contribution is -2.41. The Morgan fingerprint density at radius 1 is 1.26 bits per heavy atom. The van der Waals surface area contributed by atoms with Crippen LogP contribution in [-0.2, 0) is 11.3 Å². The number of benzene rings is 1. The lowest BCUT2D eigenvalue weighted by molar-refractivity contribution is -0.131. The fraction of sp³-hybridized carbons (Fsp3) is 0.294. The summed E-state index contributed by atoms with van der Waals surface area (Å²) in [6.45, 7) is 0.171. The Balaban J connectivity index is 1.61. The van der Waals surface area contributed by atoms with Crippen LogP contribution < -0.4 is 5.32 Å². The number of nitrogens with one attached hydrogen (secondary N) is 1. The number of hydrogen-bond donors (Lipinski definition) is 1. The zero-order valence-corrected chi connectivity index (χ0v) is 13.3. The minimum atomic E-state index is -0.312. The number of carbonyl (C=O) groups is 2. The van der Waals surface area contributed by atoms with Crippen LogP contribution in [0.15, 0.2) is 41.1 Å². The maximum Gasteiger partial charge on any atom is 0.252 e. The van der Waals surface area contributed by atoms with E-state index in [-0.39, 0.29) is 36.8 Å². The molecule has 0 radical (unpaired) electrons. The standard InChI is InChI=1S/C17H17FN2O2S/c18-15-4-2-1-3-12(15)10-20(14-5-6-14)16(21)9-19-17(22)13-7-8-23-11-13/h1-4,7-8,11,14H,5-6,9-10H2,(H,19,22). The van der Waals surface area contributed by atoms with E-state index in [0.717, 1.165) is 12.8 Å². The lowest BCUT2D eigenvalue weighted by atomic mass is 10.2. The van der Waals surface area contributed by atoms with Gasteiger partial charge in [0.15, 0.2) is 0 Å². The molecule has 1 saturated carbocycles. The van der Waals surface area contributed by atoms with Crippen LogP contribution in [0.2, 0.25) is 0 Å². The predicted molar refractivity (Wildman–Crippen MR) is 86.6 cm³/mol. The summed E-state index contributed by atoms with van der Waals surface area (Å²) in [5.41, 5.74) is 1.05. The zero-order valence-electron chi connectivity index (χ0n) is 12.5. The van der Waals surface area contributed by atoms with Gasteiger partial charge >= 0.3 is 0 Å². The molecule has 0 aliphatic heterocycles. The van der Waals surface area contributed by atoms with Crippen molar-refractivity contribution in [3.05, 3.63) is 58.0 Å². The number of rotatable bonds is 6. The Morgan fingerprint density at radius 3 is 2.70 bits per heavy atom. The quantitative estimate of drug-likeness (QED) is 0.884. The number of thiophene rings is 1. The average molecular weight is 332 g/mol. The van der Waals surface area contributed by atoms with Gasteiger partial charge in [0.2, 0.25) is 5.91 Å². The van der Waals surface area contributed by atoms with Gasteiger partial charge in [0, 0.05) is 29.1 Å². The Labute approximate surface area is 137 Å². The van der Waals surface area contributed by atoms with Gasteiger partial charge in [-0.05, 0) is 30.4 Å². The van der Waals surface area contributed by atoms with Crippen LogP contribution in [0.3, 0.4) is 0 Å². The van der Waals surface area contributed by atoms with Crippen molar-refractivity contribution >= 4 is 23.2 Å². The van der Waals surface area contributed by atoms with Crippen molar-refractivity contribution in [2.24, 2.45) is 0 Å². The largest absolute Gasteiger partial charge is 0.343 e. The van der Waals surface area contributed by atoms with E-state index in [1.165, 1.54) is 17.4 Å². The second-order valence-corrected chi connectivity index (χ2v) is 6.32. The maximum atomic E-state index is 13.8. The van der Waals surface area contributed by atoms with Gasteiger partial charge in [-0.3, -0.25) is 9.59 Å². The minimum Gasteiger partial charge on any atom is -0.343 e. The van der Waals surface area contributed by atoms with Crippen LogP contribution in [0.5, 0.6) is 0 Å². The summed E-state index contributed by atoms with van der Waals surface area (Å²) < 4.78 is 13.8. The first-order valence-electron chi connectivity index (χ1n) is 7.48. The summed E-state index contributed by atoms with van der Waals surface area (Å²) in [5.74, 6) is -0.756. The summed E-state index contributed by atoms with van der Waals surface area (Å²) >= 11 is 1.43. The number of nitrogens with zero attached hydrogens (tertiary/aromatic N) is 1. The molecule has 6 heteroatoms.